The molecule has 2 nitrogen and oxygen atoms in total. The van der Waals surface area contributed by atoms with E-state index in [-0.39, 0.29) is 5.41 Å². The Balaban J connectivity index is 1.69. The number of aryl methyl sites for hydroxylation is 3. The Hall–Kier alpha value is -3.13. The third kappa shape index (κ3) is 3.28. The highest BCUT2D eigenvalue weighted by atomic mass is 15.0. The van der Waals surface area contributed by atoms with Crippen LogP contribution in [0.15, 0.2) is 48.7 Å². The van der Waals surface area contributed by atoms with E-state index in [2.05, 4.69) is 113 Å². The van der Waals surface area contributed by atoms with E-state index in [0.717, 1.165) is 0 Å². The minimum absolute atomic E-state index is 0.102. The van der Waals surface area contributed by atoms with E-state index in [0.29, 0.717) is 11.3 Å². The topological polar surface area (TPSA) is 8.29 Å². The van der Waals surface area contributed by atoms with Gasteiger partial charge in [0, 0.05) is 16.8 Å². The van der Waals surface area contributed by atoms with E-state index in [4.69, 9.17) is 0 Å². The molecule has 0 unspecified atom stereocenters. The fourth-order valence-electron chi connectivity index (χ4n) is 7.36. The Morgan fingerprint density at radius 1 is 0.868 bits per heavy atom. The molecule has 0 N–H and O–H groups in total. The summed E-state index contributed by atoms with van der Waals surface area (Å²) in [6.45, 7) is 16.4. The van der Waals surface area contributed by atoms with Gasteiger partial charge in [-0.2, -0.15) is 0 Å². The third-order valence-corrected chi connectivity index (χ3v) is 9.96. The van der Waals surface area contributed by atoms with Gasteiger partial charge in [0.2, 0.25) is 5.52 Å². The van der Waals surface area contributed by atoms with Crippen LogP contribution in [0.25, 0.3) is 49.0 Å². The predicted octanol–water partition coefficient (Wildman–Crippen LogP) is 9.41. The quantitative estimate of drug-likeness (QED) is 0.120. The van der Waals surface area contributed by atoms with Crippen molar-refractivity contribution in [3.63, 3.8) is 0 Å². The van der Waals surface area contributed by atoms with Gasteiger partial charge in [-0.15, -0.1) is 0 Å². The summed E-state index contributed by atoms with van der Waals surface area (Å²) >= 11 is 0. The fourth-order valence-corrected chi connectivity index (χ4v) is 7.36. The van der Waals surface area contributed by atoms with Gasteiger partial charge in [0.25, 0.3) is 0 Å². The standard InChI is InChI=1S/C36H41N2/c1-21-17-28-27-10-9-26(35(3,4)5)20-29(27)38-30-19-25(23-11-14-36(6,7)15-12-23)18-24-13-16-37(8)34(32(24)30)31(22(21)2)33(28)38/h9-10,13,16-20,23H,11-12,14-15H2,1-8H3/q+1. The van der Waals surface area contributed by atoms with Crippen molar-refractivity contribution in [1.29, 1.82) is 0 Å². The van der Waals surface area contributed by atoms with Crippen LogP contribution in [-0.2, 0) is 12.5 Å². The molecule has 0 atom stereocenters. The SMILES string of the molecule is Cc1cc2c3ccc(C(C)(C)C)cc3n3c4cc(C5CCC(C)(C)CC5)cc5cc[n+](C)c(c(c1C)c23)c54. The molecule has 1 fully saturated rings. The molecule has 3 aromatic heterocycles. The van der Waals surface area contributed by atoms with Crippen molar-refractivity contribution < 1.29 is 4.57 Å². The lowest BCUT2D eigenvalue weighted by Gasteiger charge is -2.34. The van der Waals surface area contributed by atoms with Gasteiger partial charge < -0.3 is 4.40 Å². The molecule has 6 aromatic rings. The second-order valence-corrected chi connectivity index (χ2v) is 14.1. The Morgan fingerprint density at radius 2 is 1.61 bits per heavy atom. The first-order chi connectivity index (χ1) is 17.9. The second kappa shape index (κ2) is 7.72. The summed E-state index contributed by atoms with van der Waals surface area (Å²) in [6, 6.07) is 17.1. The maximum Gasteiger partial charge on any atom is 0.224 e. The lowest BCUT2D eigenvalue weighted by atomic mass is 9.71. The molecule has 1 aliphatic carbocycles. The normalized spacial score (nSPS) is 17.2. The summed E-state index contributed by atoms with van der Waals surface area (Å²) in [4.78, 5) is 0. The van der Waals surface area contributed by atoms with Crippen LogP contribution >= 0.6 is 0 Å². The van der Waals surface area contributed by atoms with Crippen molar-refractivity contribution in [1.82, 2.24) is 4.40 Å². The smallest absolute Gasteiger partial charge is 0.224 e. The van der Waals surface area contributed by atoms with E-state index < -0.39 is 0 Å². The molecule has 3 heterocycles. The average Bonchev–Trinajstić information content (AvgIpc) is 3.18. The summed E-state index contributed by atoms with van der Waals surface area (Å²) in [7, 11) is 2.22. The van der Waals surface area contributed by atoms with Crippen molar-refractivity contribution >= 4 is 49.0 Å². The van der Waals surface area contributed by atoms with E-state index in [9.17, 15) is 0 Å². The van der Waals surface area contributed by atoms with Crippen LogP contribution in [0.4, 0.5) is 0 Å². The van der Waals surface area contributed by atoms with Gasteiger partial charge in [0.1, 0.15) is 7.05 Å². The third-order valence-electron chi connectivity index (χ3n) is 9.96. The summed E-state index contributed by atoms with van der Waals surface area (Å²) < 4.78 is 4.99. The molecule has 0 amide bonds. The second-order valence-electron chi connectivity index (χ2n) is 14.1. The van der Waals surface area contributed by atoms with Crippen molar-refractivity contribution in [2.45, 2.75) is 85.5 Å². The molecule has 38 heavy (non-hydrogen) atoms. The summed E-state index contributed by atoms with van der Waals surface area (Å²) in [6.07, 6.45) is 7.48. The van der Waals surface area contributed by atoms with Crippen molar-refractivity contribution in [3.8, 4) is 0 Å². The first kappa shape index (κ1) is 23.9. The number of hydrogen-bond acceptors (Lipinski definition) is 0. The zero-order valence-electron chi connectivity index (χ0n) is 24.4. The lowest BCUT2D eigenvalue weighted by molar-refractivity contribution is -0.643. The Kier molecular flexibility index (Phi) is 4.86. The molecule has 0 saturated heterocycles. The van der Waals surface area contributed by atoms with Gasteiger partial charge in [-0.25, -0.2) is 4.57 Å². The van der Waals surface area contributed by atoms with Gasteiger partial charge in [0.05, 0.1) is 27.3 Å². The van der Waals surface area contributed by atoms with Crippen LogP contribution in [0.3, 0.4) is 0 Å². The number of hydrogen-bond donors (Lipinski definition) is 0. The molecule has 7 rings (SSSR count). The van der Waals surface area contributed by atoms with E-state index in [1.807, 2.05) is 0 Å². The van der Waals surface area contributed by atoms with Crippen LogP contribution in [0.2, 0.25) is 0 Å². The molecule has 0 spiro atoms. The summed E-state index contributed by atoms with van der Waals surface area (Å²) in [5.41, 5.74) is 11.7. The van der Waals surface area contributed by atoms with E-state index in [1.165, 1.54) is 96.9 Å². The molecule has 0 aliphatic heterocycles. The number of benzene rings is 3. The van der Waals surface area contributed by atoms with Gasteiger partial charge in [-0.3, -0.25) is 0 Å². The first-order valence-corrected chi connectivity index (χ1v) is 14.5. The monoisotopic (exact) mass is 501 g/mol. The minimum Gasteiger partial charge on any atom is -0.307 e. The van der Waals surface area contributed by atoms with Crippen LogP contribution in [0.1, 0.15) is 88.5 Å². The average molecular weight is 502 g/mol. The highest BCUT2D eigenvalue weighted by Crippen LogP contribution is 2.46. The number of rotatable bonds is 1. The van der Waals surface area contributed by atoms with Gasteiger partial charge in [-0.05, 0) is 102 Å². The van der Waals surface area contributed by atoms with Crippen LogP contribution in [0, 0.1) is 19.3 Å². The predicted molar refractivity (Wildman–Crippen MR) is 163 cm³/mol. The van der Waals surface area contributed by atoms with Gasteiger partial charge >= 0.3 is 0 Å². The molecule has 3 aromatic carbocycles. The molecular weight excluding hydrogens is 460 g/mol. The van der Waals surface area contributed by atoms with Crippen LogP contribution in [0.5, 0.6) is 0 Å². The molecular formula is C36H41N2+. The largest absolute Gasteiger partial charge is 0.307 e. The summed E-state index contributed by atoms with van der Waals surface area (Å²) in [5.74, 6) is 0.643. The van der Waals surface area contributed by atoms with Crippen molar-refractivity contribution in [2.24, 2.45) is 12.5 Å². The first-order valence-electron chi connectivity index (χ1n) is 14.5. The highest BCUT2D eigenvalue weighted by Gasteiger charge is 2.30. The number of pyridine rings is 2. The molecule has 0 bridgehead atoms. The van der Waals surface area contributed by atoms with Crippen molar-refractivity contribution in [3.05, 3.63) is 70.9 Å². The number of aromatic nitrogens is 2. The maximum absolute atomic E-state index is 2.63. The minimum atomic E-state index is 0.102. The highest BCUT2D eigenvalue weighted by molar-refractivity contribution is 6.26. The van der Waals surface area contributed by atoms with Gasteiger partial charge in [-0.1, -0.05) is 52.8 Å². The van der Waals surface area contributed by atoms with Gasteiger partial charge in [0.15, 0.2) is 6.20 Å². The Labute approximate surface area is 226 Å². The fraction of sp³-hybridized carbons (Fsp3) is 0.417. The summed E-state index contributed by atoms with van der Waals surface area (Å²) in [5, 5.41) is 6.93. The zero-order valence-corrected chi connectivity index (χ0v) is 24.4. The van der Waals surface area contributed by atoms with E-state index >= 15 is 0 Å². The van der Waals surface area contributed by atoms with Crippen molar-refractivity contribution in [2.75, 3.05) is 0 Å². The van der Waals surface area contributed by atoms with Crippen LogP contribution in [-0.4, -0.2) is 4.40 Å². The molecule has 2 heteroatoms. The molecule has 1 aliphatic rings. The van der Waals surface area contributed by atoms with E-state index in [1.54, 1.807) is 0 Å². The Morgan fingerprint density at radius 3 is 2.32 bits per heavy atom. The molecule has 194 valence electrons. The number of nitrogens with zero attached hydrogens (tertiary/aromatic N) is 2. The Bertz CT molecular complexity index is 1900. The molecule has 0 radical (unpaired) electrons. The lowest BCUT2D eigenvalue weighted by Crippen LogP contribution is -2.29. The maximum atomic E-state index is 2.63. The number of fused-ring (bicyclic) bond motifs is 5. The zero-order chi connectivity index (χ0) is 26.7. The van der Waals surface area contributed by atoms with Crippen LogP contribution < -0.4 is 4.57 Å². The molecule has 1 saturated carbocycles.